The van der Waals surface area contributed by atoms with E-state index < -0.39 is 15.9 Å². The average Bonchev–Trinajstić information content (AvgIpc) is 2.68. The lowest BCUT2D eigenvalue weighted by Crippen LogP contribution is -2.43. The van der Waals surface area contributed by atoms with Crippen LogP contribution >= 0.6 is 0 Å². The summed E-state index contributed by atoms with van der Waals surface area (Å²) >= 11 is 0. The number of carbonyl (C=O) groups excluding carboxylic acids is 1. The fraction of sp³-hybridized carbons (Fsp3) is 0.438. The van der Waals surface area contributed by atoms with Crippen molar-refractivity contribution in [2.75, 3.05) is 10.7 Å². The number of nitrogens with zero attached hydrogens (tertiary/aromatic N) is 1. The van der Waals surface area contributed by atoms with Gasteiger partial charge in [0.15, 0.2) is 9.84 Å². The van der Waals surface area contributed by atoms with E-state index in [9.17, 15) is 13.2 Å². The summed E-state index contributed by atoms with van der Waals surface area (Å²) < 4.78 is 23.4. The molecule has 0 unspecified atom stereocenters. The van der Waals surface area contributed by atoms with Gasteiger partial charge in [-0.25, -0.2) is 8.42 Å². The fourth-order valence-corrected chi connectivity index (χ4v) is 3.84. The van der Waals surface area contributed by atoms with Crippen LogP contribution < -0.4 is 4.90 Å². The molecule has 0 aromatic heterocycles. The molecule has 1 aliphatic heterocycles. The first-order valence-electron chi connectivity index (χ1n) is 7.02. The quantitative estimate of drug-likeness (QED) is 0.862. The van der Waals surface area contributed by atoms with Gasteiger partial charge in [0.2, 0.25) is 5.91 Å². The summed E-state index contributed by atoms with van der Waals surface area (Å²) in [6, 6.07) is 5.45. The molecule has 1 aromatic carbocycles. The topological polar surface area (TPSA) is 54.5 Å². The number of hydrogen-bond donors (Lipinski definition) is 0. The lowest BCUT2D eigenvalue weighted by molar-refractivity contribution is -0.121. The number of sulfone groups is 1. The first kappa shape index (κ1) is 15.8. The Hall–Kier alpha value is -1.62. The fourth-order valence-electron chi connectivity index (χ4n) is 2.57. The molecule has 2 rings (SSSR count). The highest BCUT2D eigenvalue weighted by Gasteiger charge is 2.32. The Morgan fingerprint density at radius 2 is 1.76 bits per heavy atom. The van der Waals surface area contributed by atoms with Crippen LogP contribution in [0.25, 0.3) is 0 Å². The minimum atomic E-state index is -3.20. The van der Waals surface area contributed by atoms with Gasteiger partial charge in [0.05, 0.1) is 11.8 Å². The summed E-state index contributed by atoms with van der Waals surface area (Å²) in [5.41, 5.74) is 2.87. The molecular formula is C16H21NO3S. The maximum absolute atomic E-state index is 12.6. The van der Waals surface area contributed by atoms with E-state index in [0.29, 0.717) is 0 Å². The highest BCUT2D eigenvalue weighted by Crippen LogP contribution is 2.26. The molecule has 0 radical (unpaired) electrons. The van der Waals surface area contributed by atoms with Crippen molar-refractivity contribution in [2.45, 2.75) is 33.7 Å². The molecule has 0 N–H and O–H groups in total. The molecule has 114 valence electrons. The Morgan fingerprint density at radius 3 is 2.19 bits per heavy atom. The maximum atomic E-state index is 12.6. The van der Waals surface area contributed by atoms with Gasteiger partial charge in [-0.2, -0.15) is 0 Å². The highest BCUT2D eigenvalue weighted by molar-refractivity contribution is 7.94. The van der Waals surface area contributed by atoms with Crippen LogP contribution in [0.4, 0.5) is 5.69 Å². The van der Waals surface area contributed by atoms with Crippen molar-refractivity contribution >= 4 is 21.4 Å². The Labute approximate surface area is 126 Å². The van der Waals surface area contributed by atoms with E-state index in [0.717, 1.165) is 16.8 Å². The smallest absolute Gasteiger partial charge is 0.230 e. The molecule has 0 bridgehead atoms. The third kappa shape index (κ3) is 3.53. The number of carbonyl (C=O) groups is 1. The van der Waals surface area contributed by atoms with Crippen molar-refractivity contribution in [3.05, 3.63) is 40.8 Å². The molecule has 0 saturated carbocycles. The monoisotopic (exact) mass is 307 g/mol. The molecule has 1 atom stereocenters. The van der Waals surface area contributed by atoms with Gasteiger partial charge in [0.1, 0.15) is 0 Å². The van der Waals surface area contributed by atoms with E-state index in [1.807, 2.05) is 45.9 Å². The van der Waals surface area contributed by atoms with Crippen molar-refractivity contribution in [2.24, 2.45) is 5.92 Å². The van der Waals surface area contributed by atoms with Crippen LogP contribution in [0.15, 0.2) is 29.7 Å². The van der Waals surface area contributed by atoms with Gasteiger partial charge < -0.3 is 4.90 Å². The van der Waals surface area contributed by atoms with Crippen LogP contribution in [0, 0.1) is 19.8 Å². The Kier molecular flexibility index (Phi) is 4.23. The van der Waals surface area contributed by atoms with Crippen molar-refractivity contribution in [1.82, 2.24) is 0 Å². The van der Waals surface area contributed by atoms with E-state index in [1.165, 1.54) is 5.41 Å². The second kappa shape index (κ2) is 5.64. The largest absolute Gasteiger partial charge is 0.304 e. The molecule has 1 aliphatic rings. The van der Waals surface area contributed by atoms with E-state index >= 15 is 0 Å². The molecule has 4 nitrogen and oxygen atoms in total. The lowest BCUT2D eigenvalue weighted by Gasteiger charge is -2.30. The van der Waals surface area contributed by atoms with Crippen LogP contribution in [-0.2, 0) is 14.6 Å². The maximum Gasteiger partial charge on any atom is 0.230 e. The van der Waals surface area contributed by atoms with Gasteiger partial charge in [0, 0.05) is 17.0 Å². The summed E-state index contributed by atoms with van der Waals surface area (Å²) in [5, 5.41) is 1.21. The molecule has 0 aliphatic carbocycles. The predicted octanol–water partition coefficient (Wildman–Crippen LogP) is 2.60. The zero-order valence-electron chi connectivity index (χ0n) is 12.8. The van der Waals surface area contributed by atoms with Gasteiger partial charge in [-0.1, -0.05) is 19.9 Å². The minimum absolute atomic E-state index is 0.0432. The predicted molar refractivity (Wildman–Crippen MR) is 85.0 cm³/mol. The van der Waals surface area contributed by atoms with Crippen molar-refractivity contribution in [3.63, 3.8) is 0 Å². The second-order valence-corrected chi connectivity index (χ2v) is 7.87. The van der Waals surface area contributed by atoms with E-state index in [2.05, 4.69) is 0 Å². The van der Waals surface area contributed by atoms with Gasteiger partial charge in [-0.15, -0.1) is 0 Å². The number of anilines is 1. The molecule has 0 spiro atoms. The van der Waals surface area contributed by atoms with Crippen molar-refractivity contribution in [1.29, 1.82) is 0 Å². The number of rotatable bonds is 3. The molecule has 0 saturated heterocycles. The lowest BCUT2D eigenvalue weighted by atomic mass is 10.1. The molecule has 1 amide bonds. The molecular weight excluding hydrogens is 286 g/mol. The Morgan fingerprint density at radius 1 is 1.19 bits per heavy atom. The molecule has 0 fully saturated rings. The standard InChI is InChI=1S/C16H21NO3S/c1-11(2)16(18)17(14-5-6-21(19,20)10-14)15-8-12(3)7-13(4)9-15/h5-9,11,14H,10H2,1-4H3/t14-/m1/s1. The Bertz CT molecular complexity index is 669. The number of benzene rings is 1. The number of hydrogen-bond acceptors (Lipinski definition) is 3. The van der Waals surface area contributed by atoms with E-state index in [-0.39, 0.29) is 17.6 Å². The zero-order valence-corrected chi connectivity index (χ0v) is 13.6. The van der Waals surface area contributed by atoms with Gasteiger partial charge in [0.25, 0.3) is 0 Å². The zero-order chi connectivity index (χ0) is 15.8. The van der Waals surface area contributed by atoms with E-state index in [1.54, 1.807) is 11.0 Å². The van der Waals surface area contributed by atoms with E-state index in [4.69, 9.17) is 0 Å². The molecule has 5 heteroatoms. The first-order valence-corrected chi connectivity index (χ1v) is 8.73. The highest BCUT2D eigenvalue weighted by atomic mass is 32.2. The van der Waals surface area contributed by atoms with Crippen LogP contribution in [0.5, 0.6) is 0 Å². The molecule has 21 heavy (non-hydrogen) atoms. The summed E-state index contributed by atoms with van der Waals surface area (Å²) in [6.07, 6.45) is 1.60. The molecule has 1 heterocycles. The van der Waals surface area contributed by atoms with Gasteiger partial charge in [-0.3, -0.25) is 4.79 Å². The normalized spacial score (nSPS) is 20.0. The summed E-state index contributed by atoms with van der Waals surface area (Å²) in [4.78, 5) is 14.2. The first-order chi connectivity index (χ1) is 9.69. The summed E-state index contributed by atoms with van der Waals surface area (Å²) in [6.45, 7) is 7.59. The average molecular weight is 307 g/mol. The van der Waals surface area contributed by atoms with Crippen LogP contribution in [0.1, 0.15) is 25.0 Å². The third-order valence-electron chi connectivity index (χ3n) is 3.46. The third-order valence-corrected chi connectivity index (χ3v) is 4.84. The summed E-state index contributed by atoms with van der Waals surface area (Å²) in [7, 11) is -3.20. The minimum Gasteiger partial charge on any atom is -0.304 e. The van der Waals surface area contributed by atoms with Crippen LogP contribution in [-0.4, -0.2) is 26.1 Å². The van der Waals surface area contributed by atoms with Gasteiger partial charge in [-0.05, 0) is 43.2 Å². The number of aryl methyl sites for hydroxylation is 2. The Balaban J connectivity index is 2.47. The van der Waals surface area contributed by atoms with Crippen LogP contribution in [0.2, 0.25) is 0 Å². The molecule has 1 aromatic rings. The van der Waals surface area contributed by atoms with Gasteiger partial charge >= 0.3 is 0 Å². The van der Waals surface area contributed by atoms with Crippen molar-refractivity contribution in [3.8, 4) is 0 Å². The van der Waals surface area contributed by atoms with Crippen molar-refractivity contribution < 1.29 is 13.2 Å². The number of amides is 1. The second-order valence-electron chi connectivity index (χ2n) is 5.93. The SMILES string of the molecule is Cc1cc(C)cc(N(C(=O)C(C)C)[C@@H]2C=CS(=O)(=O)C2)c1. The van der Waals surface area contributed by atoms with Crippen LogP contribution in [0.3, 0.4) is 0 Å². The summed E-state index contributed by atoms with van der Waals surface area (Å²) in [5.74, 6) is -0.299.